The molecule has 1 unspecified atom stereocenters. The van der Waals surface area contributed by atoms with Gasteiger partial charge in [-0.2, -0.15) is 11.8 Å². The van der Waals surface area contributed by atoms with Crippen LogP contribution in [-0.4, -0.2) is 23.7 Å². The average Bonchev–Trinajstić information content (AvgIpc) is 3.19. The second-order valence-electron chi connectivity index (χ2n) is 4.86. The number of benzene rings is 1. The lowest BCUT2D eigenvalue weighted by Gasteiger charge is -2.14. The predicted molar refractivity (Wildman–Crippen MR) is 81.4 cm³/mol. The van der Waals surface area contributed by atoms with Crippen LogP contribution in [0.2, 0.25) is 5.02 Å². The Balaban J connectivity index is 1.66. The normalized spacial score (nSPS) is 16.3. The molecule has 0 spiro atoms. The van der Waals surface area contributed by atoms with E-state index in [1.807, 2.05) is 36.0 Å². The van der Waals surface area contributed by atoms with Crippen LogP contribution >= 0.6 is 23.4 Å². The van der Waals surface area contributed by atoms with Gasteiger partial charge in [-0.05, 0) is 42.7 Å². The number of carbonyl (C=O) groups is 1. The molecular weight excluding hydrogens is 280 g/mol. The molecule has 0 bridgehead atoms. The molecule has 19 heavy (non-hydrogen) atoms. The van der Waals surface area contributed by atoms with E-state index in [9.17, 15) is 4.79 Å². The molecule has 5 heteroatoms. The molecule has 0 saturated heterocycles. The monoisotopic (exact) mass is 298 g/mol. The van der Waals surface area contributed by atoms with Crippen molar-refractivity contribution in [1.29, 1.82) is 0 Å². The predicted octanol–water partition coefficient (Wildman–Crippen LogP) is 2.57. The smallest absolute Gasteiger partial charge is 0.234 e. The van der Waals surface area contributed by atoms with Gasteiger partial charge in [0.05, 0.1) is 6.04 Å². The molecule has 1 atom stereocenters. The molecule has 0 radical (unpaired) electrons. The topological polar surface area (TPSA) is 55.1 Å². The Morgan fingerprint density at radius 1 is 1.42 bits per heavy atom. The average molecular weight is 299 g/mol. The van der Waals surface area contributed by atoms with Crippen molar-refractivity contribution < 1.29 is 4.79 Å². The number of amides is 1. The maximum atomic E-state index is 11.3. The van der Waals surface area contributed by atoms with E-state index < -0.39 is 0 Å². The highest BCUT2D eigenvalue weighted by Crippen LogP contribution is 2.21. The van der Waals surface area contributed by atoms with Gasteiger partial charge in [-0.15, -0.1) is 0 Å². The minimum Gasteiger partial charge on any atom is -0.368 e. The van der Waals surface area contributed by atoms with Crippen LogP contribution < -0.4 is 11.1 Å². The highest BCUT2D eigenvalue weighted by molar-refractivity contribution is 7.98. The zero-order chi connectivity index (χ0) is 13.7. The summed E-state index contributed by atoms with van der Waals surface area (Å²) in [6.07, 6.45) is 3.13. The van der Waals surface area contributed by atoms with E-state index in [0.717, 1.165) is 22.9 Å². The maximum absolute atomic E-state index is 11.3. The van der Waals surface area contributed by atoms with Crippen LogP contribution in [0.3, 0.4) is 0 Å². The molecule has 1 amide bonds. The number of carbonyl (C=O) groups excluding carboxylic acids is 1. The van der Waals surface area contributed by atoms with Crippen LogP contribution in [-0.2, 0) is 10.5 Å². The summed E-state index contributed by atoms with van der Waals surface area (Å²) in [6, 6.07) is 8.20. The van der Waals surface area contributed by atoms with Crippen molar-refractivity contribution >= 4 is 29.3 Å². The maximum Gasteiger partial charge on any atom is 0.234 e. The second kappa shape index (κ2) is 7.17. The number of nitrogens with one attached hydrogen (secondary N) is 1. The zero-order valence-electron chi connectivity index (χ0n) is 10.8. The standard InChI is InChI=1S/C14H19ClN2OS/c15-11-3-1-10(2-4-11)9-19-8-7-13(14(16)18)17-12-5-6-12/h1-4,12-13,17H,5-9H2,(H2,16,18). The van der Waals surface area contributed by atoms with Crippen LogP contribution in [0, 0.1) is 0 Å². The number of hydrogen-bond acceptors (Lipinski definition) is 3. The van der Waals surface area contributed by atoms with Crippen LogP contribution in [0.5, 0.6) is 0 Å². The van der Waals surface area contributed by atoms with Crippen LogP contribution in [0.25, 0.3) is 0 Å². The molecule has 1 aliphatic carbocycles. The first-order valence-electron chi connectivity index (χ1n) is 6.52. The van der Waals surface area contributed by atoms with Crippen molar-refractivity contribution in [2.24, 2.45) is 5.73 Å². The van der Waals surface area contributed by atoms with E-state index in [1.165, 1.54) is 18.4 Å². The summed E-state index contributed by atoms with van der Waals surface area (Å²) in [6.45, 7) is 0. The molecule has 0 aromatic heterocycles. The van der Waals surface area contributed by atoms with E-state index >= 15 is 0 Å². The van der Waals surface area contributed by atoms with Crippen LogP contribution in [0.4, 0.5) is 0 Å². The highest BCUT2D eigenvalue weighted by Gasteiger charge is 2.26. The quantitative estimate of drug-likeness (QED) is 0.725. The van der Waals surface area contributed by atoms with E-state index in [1.54, 1.807) is 0 Å². The highest BCUT2D eigenvalue weighted by atomic mass is 35.5. The molecule has 1 fully saturated rings. The van der Waals surface area contributed by atoms with Gasteiger partial charge in [-0.25, -0.2) is 0 Å². The molecule has 1 saturated carbocycles. The summed E-state index contributed by atoms with van der Waals surface area (Å²) in [5.41, 5.74) is 6.65. The first-order valence-corrected chi connectivity index (χ1v) is 8.06. The molecule has 2 rings (SSSR count). The summed E-state index contributed by atoms with van der Waals surface area (Å²) >= 11 is 7.65. The SMILES string of the molecule is NC(=O)C(CCSCc1ccc(Cl)cc1)NC1CC1. The van der Waals surface area contributed by atoms with Crippen molar-refractivity contribution in [3.05, 3.63) is 34.9 Å². The lowest BCUT2D eigenvalue weighted by atomic mass is 10.2. The first kappa shape index (κ1) is 14.7. The van der Waals surface area contributed by atoms with Gasteiger partial charge < -0.3 is 11.1 Å². The second-order valence-corrected chi connectivity index (χ2v) is 6.41. The largest absolute Gasteiger partial charge is 0.368 e. The Morgan fingerprint density at radius 2 is 2.11 bits per heavy atom. The summed E-state index contributed by atoms with van der Waals surface area (Å²) in [4.78, 5) is 11.3. The number of rotatable bonds is 8. The Bertz CT molecular complexity index is 420. The number of thioether (sulfide) groups is 1. The van der Waals surface area contributed by atoms with Crippen molar-refractivity contribution in [3.8, 4) is 0 Å². The lowest BCUT2D eigenvalue weighted by Crippen LogP contribution is -2.42. The molecule has 0 heterocycles. The Hall–Kier alpha value is -0.710. The zero-order valence-corrected chi connectivity index (χ0v) is 12.3. The van der Waals surface area contributed by atoms with Gasteiger partial charge in [0.15, 0.2) is 0 Å². The Morgan fingerprint density at radius 3 is 2.68 bits per heavy atom. The summed E-state index contributed by atoms with van der Waals surface area (Å²) in [7, 11) is 0. The van der Waals surface area contributed by atoms with Gasteiger partial charge in [0.1, 0.15) is 0 Å². The van der Waals surface area contributed by atoms with Crippen LogP contribution in [0.15, 0.2) is 24.3 Å². The Kier molecular flexibility index (Phi) is 5.55. The fraction of sp³-hybridized carbons (Fsp3) is 0.500. The van der Waals surface area contributed by atoms with E-state index in [2.05, 4.69) is 5.32 Å². The lowest BCUT2D eigenvalue weighted by molar-refractivity contribution is -0.120. The Labute approximate surface area is 123 Å². The minimum absolute atomic E-state index is 0.176. The number of primary amides is 1. The van der Waals surface area contributed by atoms with Crippen molar-refractivity contribution in [1.82, 2.24) is 5.32 Å². The van der Waals surface area contributed by atoms with E-state index in [-0.39, 0.29) is 11.9 Å². The fourth-order valence-electron chi connectivity index (χ4n) is 1.81. The molecule has 3 N–H and O–H groups in total. The van der Waals surface area contributed by atoms with Gasteiger partial charge >= 0.3 is 0 Å². The molecule has 104 valence electrons. The number of halogens is 1. The third kappa shape index (κ3) is 5.43. The number of hydrogen-bond donors (Lipinski definition) is 2. The van der Waals surface area contributed by atoms with Crippen molar-refractivity contribution in [2.75, 3.05) is 5.75 Å². The molecule has 1 aliphatic rings. The van der Waals surface area contributed by atoms with Gasteiger partial charge in [0.25, 0.3) is 0 Å². The van der Waals surface area contributed by atoms with Crippen molar-refractivity contribution in [3.63, 3.8) is 0 Å². The van der Waals surface area contributed by atoms with Crippen LogP contribution in [0.1, 0.15) is 24.8 Å². The number of nitrogens with two attached hydrogens (primary N) is 1. The van der Waals surface area contributed by atoms with Gasteiger partial charge in [0.2, 0.25) is 5.91 Å². The summed E-state index contributed by atoms with van der Waals surface area (Å²) in [5, 5.41) is 4.05. The molecule has 1 aromatic rings. The minimum atomic E-state index is -0.237. The molecule has 3 nitrogen and oxygen atoms in total. The van der Waals surface area contributed by atoms with Crippen molar-refractivity contribution in [2.45, 2.75) is 37.1 Å². The van der Waals surface area contributed by atoms with Gasteiger partial charge in [-0.1, -0.05) is 23.7 Å². The molecule has 1 aromatic carbocycles. The summed E-state index contributed by atoms with van der Waals surface area (Å²) in [5.74, 6) is 1.63. The third-order valence-corrected chi connectivity index (χ3v) is 4.40. The molecule has 0 aliphatic heterocycles. The van der Waals surface area contributed by atoms with Gasteiger partial charge in [-0.3, -0.25) is 4.79 Å². The third-order valence-electron chi connectivity index (χ3n) is 3.09. The fourth-order valence-corrected chi connectivity index (χ4v) is 2.91. The van der Waals surface area contributed by atoms with Gasteiger partial charge in [0, 0.05) is 16.8 Å². The van der Waals surface area contributed by atoms with E-state index in [4.69, 9.17) is 17.3 Å². The molecular formula is C14H19ClN2OS. The summed E-state index contributed by atoms with van der Waals surface area (Å²) < 4.78 is 0. The first-order chi connectivity index (χ1) is 9.15. The van der Waals surface area contributed by atoms with E-state index in [0.29, 0.717) is 6.04 Å².